The Bertz CT molecular complexity index is 675. The number of carbonyl (C=O) groups is 6. The van der Waals surface area contributed by atoms with E-state index in [0.717, 1.165) is 0 Å². The first-order valence-corrected chi connectivity index (χ1v) is 9.17. The van der Waals surface area contributed by atoms with Crippen LogP contribution in [0, 0.1) is 0 Å². The van der Waals surface area contributed by atoms with Gasteiger partial charge in [0.05, 0.1) is 19.1 Å². The molecule has 15 heteroatoms. The average Bonchev–Trinajstić information content (AvgIpc) is 2.65. The molecule has 0 aliphatic heterocycles. The summed E-state index contributed by atoms with van der Waals surface area (Å²) in [5, 5.41) is 32.9. The van der Waals surface area contributed by atoms with E-state index in [2.05, 4.69) is 23.3 Å². The van der Waals surface area contributed by atoms with E-state index >= 15 is 0 Å². The number of amides is 4. The summed E-state index contributed by atoms with van der Waals surface area (Å²) < 4.78 is 0. The van der Waals surface area contributed by atoms with Gasteiger partial charge in [-0.2, -0.15) is 12.6 Å². The molecule has 0 aromatic rings. The Morgan fingerprint density at radius 3 is 1.80 bits per heavy atom. The fourth-order valence-electron chi connectivity index (χ4n) is 2.04. The molecule has 0 aliphatic carbocycles. The molecule has 0 aromatic heterocycles. The molecule has 30 heavy (non-hydrogen) atoms. The molecule has 0 rings (SSSR count). The molecule has 0 saturated heterocycles. The number of nitrogens with one attached hydrogen (secondary N) is 3. The van der Waals surface area contributed by atoms with Gasteiger partial charge in [-0.15, -0.1) is 0 Å². The second-order valence-electron chi connectivity index (χ2n) is 6.10. The van der Waals surface area contributed by atoms with Crippen LogP contribution in [0.25, 0.3) is 0 Å². The van der Waals surface area contributed by atoms with Crippen molar-refractivity contribution in [1.82, 2.24) is 16.0 Å². The van der Waals surface area contributed by atoms with Gasteiger partial charge in [-0.1, -0.05) is 0 Å². The molecule has 4 atom stereocenters. The van der Waals surface area contributed by atoms with Gasteiger partial charge in [0, 0.05) is 12.2 Å². The number of carbonyl (C=O) groups excluding carboxylic acids is 4. The molecule has 170 valence electrons. The van der Waals surface area contributed by atoms with Gasteiger partial charge in [0.25, 0.3) is 0 Å². The molecule has 0 radical (unpaired) electrons. The Hall–Kier alpha value is -2.91. The van der Waals surface area contributed by atoms with Crippen molar-refractivity contribution >= 4 is 48.2 Å². The van der Waals surface area contributed by atoms with Gasteiger partial charge in [0.1, 0.15) is 18.1 Å². The van der Waals surface area contributed by atoms with Crippen LogP contribution in [0.2, 0.25) is 0 Å². The first-order chi connectivity index (χ1) is 13.9. The van der Waals surface area contributed by atoms with E-state index < -0.39 is 72.8 Å². The molecule has 0 spiro atoms. The largest absolute Gasteiger partial charge is 0.481 e. The van der Waals surface area contributed by atoms with Crippen molar-refractivity contribution in [3.8, 4) is 0 Å². The quantitative estimate of drug-likeness (QED) is 0.114. The summed E-state index contributed by atoms with van der Waals surface area (Å²) in [6.07, 6.45) is -1.32. The molecular formula is C15H25N5O9S. The number of aliphatic carboxylic acids is 2. The number of nitrogens with two attached hydrogens (primary N) is 2. The number of rotatable bonds is 14. The maximum absolute atomic E-state index is 12.4. The van der Waals surface area contributed by atoms with Crippen LogP contribution in [0.15, 0.2) is 0 Å². The summed E-state index contributed by atoms with van der Waals surface area (Å²) in [5.41, 5.74) is 10.4. The molecule has 10 N–H and O–H groups in total. The third-order valence-corrected chi connectivity index (χ3v) is 4.02. The zero-order chi connectivity index (χ0) is 23.4. The van der Waals surface area contributed by atoms with Crippen LogP contribution >= 0.6 is 12.6 Å². The maximum atomic E-state index is 12.4. The highest BCUT2D eigenvalue weighted by molar-refractivity contribution is 7.80. The summed E-state index contributed by atoms with van der Waals surface area (Å²) in [6.45, 7) is -0.922. The zero-order valence-electron chi connectivity index (χ0n) is 15.7. The van der Waals surface area contributed by atoms with Crippen LogP contribution in [-0.4, -0.2) is 87.4 Å². The number of thiol groups is 1. The van der Waals surface area contributed by atoms with Crippen LogP contribution in [0.3, 0.4) is 0 Å². The van der Waals surface area contributed by atoms with Gasteiger partial charge in [-0.3, -0.25) is 24.0 Å². The lowest BCUT2D eigenvalue weighted by Crippen LogP contribution is -2.58. The standard InChI is InChI=1S/C15H25N5O9S/c16-6(3-11(23)24)12(25)20-9(5-30)14(27)18-7(1-2-10(17)22)13(26)19-8(4-21)15(28)29/h6-9,21,30H,1-5,16H2,(H2,17,22)(H,18,27)(H,19,26)(H,20,25)(H,23,24)(H,28,29). The third-order valence-electron chi connectivity index (χ3n) is 3.66. The van der Waals surface area contributed by atoms with E-state index in [1.165, 1.54) is 0 Å². The molecule has 0 saturated carbocycles. The van der Waals surface area contributed by atoms with Crippen molar-refractivity contribution < 1.29 is 44.1 Å². The van der Waals surface area contributed by atoms with Crippen molar-refractivity contribution in [1.29, 1.82) is 0 Å². The van der Waals surface area contributed by atoms with Crippen LogP contribution < -0.4 is 27.4 Å². The van der Waals surface area contributed by atoms with E-state index in [9.17, 15) is 28.8 Å². The van der Waals surface area contributed by atoms with Gasteiger partial charge in [0.2, 0.25) is 23.6 Å². The Balaban J connectivity index is 5.23. The lowest BCUT2D eigenvalue weighted by Gasteiger charge is -2.24. The molecule has 0 bridgehead atoms. The zero-order valence-corrected chi connectivity index (χ0v) is 16.6. The smallest absolute Gasteiger partial charge is 0.328 e. The molecular weight excluding hydrogens is 426 g/mol. The molecule has 0 aromatic carbocycles. The predicted molar refractivity (Wildman–Crippen MR) is 103 cm³/mol. The summed E-state index contributed by atoms with van der Waals surface area (Å²) in [5.74, 6) is -6.80. The molecule has 0 heterocycles. The number of aliphatic hydroxyl groups excluding tert-OH is 1. The van der Waals surface area contributed by atoms with E-state index in [-0.39, 0.29) is 18.6 Å². The first kappa shape index (κ1) is 27.1. The third kappa shape index (κ3) is 10.0. The van der Waals surface area contributed by atoms with Crippen molar-refractivity contribution in [2.45, 2.75) is 43.4 Å². The molecule has 4 unspecified atom stereocenters. The van der Waals surface area contributed by atoms with Gasteiger partial charge in [0.15, 0.2) is 0 Å². The van der Waals surface area contributed by atoms with Gasteiger partial charge in [-0.25, -0.2) is 4.79 Å². The SMILES string of the molecule is NC(=O)CCC(NC(=O)C(CS)NC(=O)C(N)CC(=O)O)C(=O)NC(CO)C(=O)O. The minimum atomic E-state index is -1.65. The first-order valence-electron chi connectivity index (χ1n) is 8.54. The Labute approximate surface area is 176 Å². The van der Waals surface area contributed by atoms with Gasteiger partial charge < -0.3 is 42.7 Å². The van der Waals surface area contributed by atoms with Gasteiger partial charge >= 0.3 is 11.9 Å². The summed E-state index contributed by atoms with van der Waals surface area (Å²) in [7, 11) is 0. The monoisotopic (exact) mass is 451 g/mol. The number of aliphatic hydroxyl groups is 1. The molecule has 0 aliphatic rings. The van der Waals surface area contributed by atoms with E-state index in [4.69, 9.17) is 26.8 Å². The van der Waals surface area contributed by atoms with Crippen LogP contribution in [0.5, 0.6) is 0 Å². The number of primary amides is 1. The highest BCUT2D eigenvalue weighted by Crippen LogP contribution is 2.01. The van der Waals surface area contributed by atoms with Gasteiger partial charge in [-0.05, 0) is 6.42 Å². The Morgan fingerprint density at radius 2 is 1.37 bits per heavy atom. The molecule has 14 nitrogen and oxygen atoms in total. The predicted octanol–water partition coefficient (Wildman–Crippen LogP) is -4.48. The fourth-order valence-corrected chi connectivity index (χ4v) is 2.30. The second kappa shape index (κ2) is 13.3. The minimum Gasteiger partial charge on any atom is -0.481 e. The van der Waals surface area contributed by atoms with E-state index in [1.54, 1.807) is 0 Å². The second-order valence-corrected chi connectivity index (χ2v) is 6.46. The summed E-state index contributed by atoms with van der Waals surface area (Å²) in [4.78, 5) is 69.2. The number of carboxylic acids is 2. The average molecular weight is 451 g/mol. The highest BCUT2D eigenvalue weighted by Gasteiger charge is 2.30. The van der Waals surface area contributed by atoms with Crippen molar-refractivity contribution in [2.24, 2.45) is 11.5 Å². The van der Waals surface area contributed by atoms with Crippen LogP contribution in [-0.2, 0) is 28.8 Å². The summed E-state index contributed by atoms with van der Waals surface area (Å²) in [6, 6.07) is -5.84. The van der Waals surface area contributed by atoms with E-state index in [0.29, 0.717) is 0 Å². The number of hydrogen-bond acceptors (Lipinski definition) is 9. The number of carboxylic acid groups (broad SMARTS) is 2. The lowest BCUT2D eigenvalue weighted by molar-refractivity contribution is -0.143. The molecule has 4 amide bonds. The van der Waals surface area contributed by atoms with Crippen LogP contribution in [0.1, 0.15) is 19.3 Å². The summed E-state index contributed by atoms with van der Waals surface area (Å²) >= 11 is 3.91. The minimum absolute atomic E-state index is 0.254. The van der Waals surface area contributed by atoms with Crippen molar-refractivity contribution in [2.75, 3.05) is 12.4 Å². The Morgan fingerprint density at radius 1 is 0.867 bits per heavy atom. The Kier molecular flexibility index (Phi) is 12.0. The maximum Gasteiger partial charge on any atom is 0.328 e. The van der Waals surface area contributed by atoms with E-state index in [1.807, 2.05) is 5.32 Å². The highest BCUT2D eigenvalue weighted by atomic mass is 32.1. The fraction of sp³-hybridized carbons (Fsp3) is 0.600. The number of hydrogen-bond donors (Lipinski definition) is 9. The lowest BCUT2D eigenvalue weighted by atomic mass is 10.1. The normalized spacial score (nSPS) is 14.5. The van der Waals surface area contributed by atoms with Crippen molar-refractivity contribution in [3.63, 3.8) is 0 Å². The molecule has 0 fully saturated rings. The van der Waals surface area contributed by atoms with Crippen molar-refractivity contribution in [3.05, 3.63) is 0 Å². The van der Waals surface area contributed by atoms with Crippen LogP contribution in [0.4, 0.5) is 0 Å². The topological polar surface area (TPSA) is 251 Å².